The largest absolute Gasteiger partial charge is 0.458 e. The minimum atomic E-state index is -1.16. The molecule has 21 heavy (non-hydrogen) atoms. The number of likely N-dealkylation sites (tertiary alicyclic amines) is 1. The van der Waals surface area contributed by atoms with Gasteiger partial charge in [0.2, 0.25) is 0 Å². The minimum absolute atomic E-state index is 0.149. The molecule has 0 N–H and O–H groups in total. The summed E-state index contributed by atoms with van der Waals surface area (Å²) in [6, 6.07) is 2.01. The SMILES string of the molecule is CC(=O)OC(C)(C)C(=O)N1CC[C@H](Oc2ncccn2)C1. The molecular weight excluding hydrogens is 274 g/mol. The van der Waals surface area contributed by atoms with E-state index in [1.165, 1.54) is 6.92 Å². The molecule has 0 radical (unpaired) electrons. The van der Waals surface area contributed by atoms with Crippen LogP contribution in [0.1, 0.15) is 27.2 Å². The first kappa shape index (κ1) is 15.2. The van der Waals surface area contributed by atoms with Gasteiger partial charge in [0.15, 0.2) is 5.60 Å². The van der Waals surface area contributed by atoms with Crippen LogP contribution in [0.25, 0.3) is 0 Å². The summed E-state index contributed by atoms with van der Waals surface area (Å²) < 4.78 is 10.7. The molecular formula is C14H19N3O4. The highest BCUT2D eigenvalue weighted by molar-refractivity contribution is 5.87. The molecule has 0 saturated carbocycles. The number of hydrogen-bond acceptors (Lipinski definition) is 6. The standard InChI is InChI=1S/C14H19N3O4/c1-10(18)21-14(2,3)12(19)17-8-5-11(9-17)20-13-15-6-4-7-16-13/h4,6-7,11H,5,8-9H2,1-3H3/t11-/m0/s1. The topological polar surface area (TPSA) is 81.6 Å². The van der Waals surface area contributed by atoms with E-state index >= 15 is 0 Å². The van der Waals surface area contributed by atoms with E-state index in [0.29, 0.717) is 25.5 Å². The zero-order valence-corrected chi connectivity index (χ0v) is 12.4. The molecule has 1 saturated heterocycles. The number of ether oxygens (including phenoxy) is 2. The molecule has 1 aromatic rings. The van der Waals surface area contributed by atoms with Crippen molar-refractivity contribution < 1.29 is 19.1 Å². The molecule has 0 aromatic carbocycles. The van der Waals surface area contributed by atoms with Gasteiger partial charge in [-0.1, -0.05) is 0 Å². The summed E-state index contributed by atoms with van der Waals surface area (Å²) in [6.45, 7) is 5.46. The summed E-state index contributed by atoms with van der Waals surface area (Å²) in [5.41, 5.74) is -1.16. The summed E-state index contributed by atoms with van der Waals surface area (Å²) in [6.07, 6.45) is 3.75. The number of esters is 1. The van der Waals surface area contributed by atoms with Crippen molar-refractivity contribution in [2.75, 3.05) is 13.1 Å². The first-order chi connectivity index (χ1) is 9.88. The van der Waals surface area contributed by atoms with Crippen molar-refractivity contribution in [2.45, 2.75) is 38.9 Å². The molecule has 0 aliphatic carbocycles. The molecule has 1 amide bonds. The highest BCUT2D eigenvalue weighted by atomic mass is 16.6. The first-order valence-electron chi connectivity index (χ1n) is 6.81. The molecule has 0 spiro atoms. The number of amides is 1. The second-order valence-electron chi connectivity index (χ2n) is 5.42. The molecule has 1 aliphatic rings. The maximum Gasteiger partial charge on any atom is 0.316 e. The second-order valence-corrected chi connectivity index (χ2v) is 5.42. The Hall–Kier alpha value is -2.18. The Labute approximate surface area is 123 Å². The lowest BCUT2D eigenvalue weighted by atomic mass is 10.1. The lowest BCUT2D eigenvalue weighted by molar-refractivity contribution is -0.168. The fourth-order valence-corrected chi connectivity index (χ4v) is 2.29. The molecule has 1 atom stereocenters. The Morgan fingerprint density at radius 1 is 1.33 bits per heavy atom. The molecule has 0 bridgehead atoms. The van der Waals surface area contributed by atoms with Crippen LogP contribution in [-0.4, -0.2) is 51.5 Å². The van der Waals surface area contributed by atoms with Gasteiger partial charge in [-0.2, -0.15) is 0 Å². The molecule has 2 heterocycles. The first-order valence-corrected chi connectivity index (χ1v) is 6.81. The fraction of sp³-hybridized carbons (Fsp3) is 0.571. The average molecular weight is 293 g/mol. The van der Waals surface area contributed by atoms with Crippen molar-refractivity contribution in [3.05, 3.63) is 18.5 Å². The highest BCUT2D eigenvalue weighted by Gasteiger charge is 2.39. The minimum Gasteiger partial charge on any atom is -0.458 e. The molecule has 7 heteroatoms. The zero-order valence-electron chi connectivity index (χ0n) is 12.4. The summed E-state index contributed by atoms with van der Waals surface area (Å²) >= 11 is 0. The number of nitrogens with zero attached hydrogens (tertiary/aromatic N) is 3. The number of rotatable bonds is 4. The van der Waals surface area contributed by atoms with Crippen LogP contribution in [0.3, 0.4) is 0 Å². The third kappa shape index (κ3) is 3.90. The molecule has 1 fully saturated rings. The third-order valence-corrected chi connectivity index (χ3v) is 3.16. The van der Waals surface area contributed by atoms with Crippen molar-refractivity contribution in [2.24, 2.45) is 0 Å². The van der Waals surface area contributed by atoms with Crippen LogP contribution >= 0.6 is 0 Å². The van der Waals surface area contributed by atoms with Crippen LogP contribution in [0.15, 0.2) is 18.5 Å². The van der Waals surface area contributed by atoms with Gasteiger partial charge in [0.05, 0.1) is 6.54 Å². The summed E-state index contributed by atoms with van der Waals surface area (Å²) in [4.78, 5) is 33.0. The zero-order chi connectivity index (χ0) is 15.5. The number of carbonyl (C=O) groups excluding carboxylic acids is 2. The van der Waals surface area contributed by atoms with Gasteiger partial charge in [-0.25, -0.2) is 9.97 Å². The van der Waals surface area contributed by atoms with E-state index in [-0.39, 0.29) is 12.0 Å². The maximum atomic E-state index is 12.4. The van der Waals surface area contributed by atoms with Crippen molar-refractivity contribution in [3.63, 3.8) is 0 Å². The smallest absolute Gasteiger partial charge is 0.316 e. The van der Waals surface area contributed by atoms with Gasteiger partial charge in [0.1, 0.15) is 6.10 Å². The Balaban J connectivity index is 1.93. The van der Waals surface area contributed by atoms with E-state index < -0.39 is 11.6 Å². The Morgan fingerprint density at radius 2 is 2.00 bits per heavy atom. The van der Waals surface area contributed by atoms with Crippen molar-refractivity contribution in [1.82, 2.24) is 14.9 Å². The van der Waals surface area contributed by atoms with Crippen LogP contribution in [0, 0.1) is 0 Å². The van der Waals surface area contributed by atoms with Gasteiger partial charge in [-0.15, -0.1) is 0 Å². The van der Waals surface area contributed by atoms with Gasteiger partial charge in [0, 0.05) is 32.3 Å². The van der Waals surface area contributed by atoms with E-state index in [9.17, 15) is 9.59 Å². The maximum absolute atomic E-state index is 12.4. The number of aromatic nitrogens is 2. The molecule has 114 valence electrons. The van der Waals surface area contributed by atoms with E-state index in [0.717, 1.165) is 0 Å². The number of carbonyl (C=O) groups is 2. The van der Waals surface area contributed by atoms with Crippen LogP contribution in [0.2, 0.25) is 0 Å². The summed E-state index contributed by atoms with van der Waals surface area (Å²) in [5, 5.41) is 0. The van der Waals surface area contributed by atoms with Gasteiger partial charge in [-0.3, -0.25) is 9.59 Å². The van der Waals surface area contributed by atoms with E-state index in [1.807, 2.05) is 0 Å². The van der Waals surface area contributed by atoms with E-state index in [2.05, 4.69) is 9.97 Å². The van der Waals surface area contributed by atoms with Crippen molar-refractivity contribution >= 4 is 11.9 Å². The van der Waals surface area contributed by atoms with E-state index in [4.69, 9.17) is 9.47 Å². The Morgan fingerprint density at radius 3 is 2.62 bits per heavy atom. The monoisotopic (exact) mass is 293 g/mol. The summed E-state index contributed by atoms with van der Waals surface area (Å²) in [7, 11) is 0. The van der Waals surface area contributed by atoms with Gasteiger partial charge in [0.25, 0.3) is 5.91 Å². The molecule has 7 nitrogen and oxygen atoms in total. The molecule has 0 unspecified atom stereocenters. The normalized spacial score (nSPS) is 18.4. The predicted molar refractivity (Wildman–Crippen MR) is 73.5 cm³/mol. The molecule has 2 rings (SSSR count). The van der Waals surface area contributed by atoms with E-state index in [1.54, 1.807) is 37.2 Å². The number of hydrogen-bond donors (Lipinski definition) is 0. The third-order valence-electron chi connectivity index (χ3n) is 3.16. The Bertz CT molecular complexity index is 518. The van der Waals surface area contributed by atoms with Gasteiger partial charge in [-0.05, 0) is 19.9 Å². The van der Waals surface area contributed by atoms with Crippen LogP contribution < -0.4 is 4.74 Å². The van der Waals surface area contributed by atoms with Crippen molar-refractivity contribution in [1.29, 1.82) is 0 Å². The molecule has 1 aromatic heterocycles. The van der Waals surface area contributed by atoms with Crippen LogP contribution in [0.4, 0.5) is 0 Å². The summed E-state index contributed by atoms with van der Waals surface area (Å²) in [5.74, 6) is -0.698. The quantitative estimate of drug-likeness (QED) is 0.764. The second kappa shape index (κ2) is 6.07. The lowest BCUT2D eigenvalue weighted by Crippen LogP contribution is -2.47. The van der Waals surface area contributed by atoms with Crippen LogP contribution in [-0.2, 0) is 14.3 Å². The van der Waals surface area contributed by atoms with Gasteiger partial charge >= 0.3 is 12.0 Å². The lowest BCUT2D eigenvalue weighted by Gasteiger charge is -2.28. The van der Waals surface area contributed by atoms with Crippen LogP contribution in [0.5, 0.6) is 6.01 Å². The average Bonchev–Trinajstić information content (AvgIpc) is 2.86. The predicted octanol–water partition coefficient (Wildman–Crippen LogP) is 0.798. The van der Waals surface area contributed by atoms with Gasteiger partial charge < -0.3 is 14.4 Å². The molecule has 1 aliphatic heterocycles. The highest BCUT2D eigenvalue weighted by Crippen LogP contribution is 2.20. The fourth-order valence-electron chi connectivity index (χ4n) is 2.29. The Kier molecular flexibility index (Phi) is 4.40. The van der Waals surface area contributed by atoms with Crippen molar-refractivity contribution in [3.8, 4) is 6.01 Å².